The minimum atomic E-state index is -1.37. The highest BCUT2D eigenvalue weighted by Crippen LogP contribution is 2.44. The maximum Gasteiger partial charge on any atom is 0.330 e. The Kier molecular flexibility index (Phi) is 10.4. The van der Waals surface area contributed by atoms with E-state index in [0.717, 1.165) is 12.1 Å². The van der Waals surface area contributed by atoms with Gasteiger partial charge in [0.25, 0.3) is 0 Å². The van der Waals surface area contributed by atoms with Gasteiger partial charge < -0.3 is 23.4 Å². The quantitative estimate of drug-likeness (QED) is 0.201. The molecule has 6 nitrogen and oxygen atoms in total. The highest BCUT2D eigenvalue weighted by atomic mass is 28.3. The van der Waals surface area contributed by atoms with Gasteiger partial charge in [-0.3, -0.25) is 0 Å². The van der Waals surface area contributed by atoms with Gasteiger partial charge in [-0.2, -0.15) is 0 Å². The minimum absolute atomic E-state index is 0.321. The average Bonchev–Trinajstić information content (AvgIpc) is 2.59. The molecular formula is C18H40O6Si3. The predicted octanol–water partition coefficient (Wildman–Crippen LogP) is 1.06. The fourth-order valence-electron chi connectivity index (χ4n) is 3.24. The van der Waals surface area contributed by atoms with Crippen LogP contribution in [0.15, 0.2) is 12.7 Å². The van der Waals surface area contributed by atoms with Crippen molar-refractivity contribution >= 4 is 35.0 Å². The summed E-state index contributed by atoms with van der Waals surface area (Å²) in [4.78, 5) is 12.1. The molecule has 0 bridgehead atoms. The Morgan fingerprint density at radius 2 is 1.70 bits per heavy atom. The lowest BCUT2D eigenvalue weighted by Gasteiger charge is -2.52. The summed E-state index contributed by atoms with van der Waals surface area (Å²) in [5.74, 6) is -0.545. The number of hydrogen-bond acceptors (Lipinski definition) is 6. The van der Waals surface area contributed by atoms with Crippen LogP contribution in [0.3, 0.4) is 0 Å². The Morgan fingerprint density at radius 1 is 1.19 bits per heavy atom. The Hall–Kier alpha value is -0.299. The third-order valence-corrected chi connectivity index (χ3v) is 8.48. The molecule has 9 heteroatoms. The van der Waals surface area contributed by atoms with Gasteiger partial charge in [-0.15, -0.1) is 0 Å². The van der Waals surface area contributed by atoms with Crippen molar-refractivity contribution in [2.24, 2.45) is 0 Å². The number of hydrogen-bond donors (Lipinski definition) is 1. The third-order valence-electron chi connectivity index (χ3n) is 5.68. The fraction of sp³-hybridized carbons (Fsp3) is 0.833. The first-order valence-electron chi connectivity index (χ1n) is 9.40. The topological polar surface area (TPSA) is 74.2 Å². The van der Waals surface area contributed by atoms with Crippen LogP contribution in [0, 0.1) is 0 Å². The van der Waals surface area contributed by atoms with Crippen molar-refractivity contribution in [3.05, 3.63) is 12.7 Å². The normalized spacial score (nSPS) is 20.3. The van der Waals surface area contributed by atoms with Crippen molar-refractivity contribution in [1.29, 1.82) is 0 Å². The predicted molar refractivity (Wildman–Crippen MR) is 119 cm³/mol. The molecule has 160 valence electrons. The van der Waals surface area contributed by atoms with E-state index in [9.17, 15) is 9.90 Å². The van der Waals surface area contributed by atoms with Gasteiger partial charge in [-0.05, 0) is 33.6 Å². The van der Waals surface area contributed by atoms with Crippen molar-refractivity contribution in [2.75, 3.05) is 7.11 Å². The third kappa shape index (κ3) is 7.22. The van der Waals surface area contributed by atoms with Gasteiger partial charge in [0, 0.05) is 27.7 Å². The van der Waals surface area contributed by atoms with Gasteiger partial charge in [0.1, 0.15) is 38.5 Å². The first-order valence-corrected chi connectivity index (χ1v) is 14.7. The zero-order chi connectivity index (χ0) is 21.5. The molecule has 0 saturated heterocycles. The Morgan fingerprint density at radius 3 is 2.07 bits per heavy atom. The van der Waals surface area contributed by atoms with Crippen LogP contribution in [0.25, 0.3) is 0 Å². The van der Waals surface area contributed by atoms with Gasteiger partial charge in [-0.25, -0.2) is 4.79 Å². The molecule has 3 unspecified atom stereocenters. The molecule has 0 rings (SSSR count). The lowest BCUT2D eigenvalue weighted by molar-refractivity contribution is -0.252. The monoisotopic (exact) mass is 436 g/mol. The second-order valence-corrected chi connectivity index (χ2v) is 15.4. The number of rotatable bonds is 13. The summed E-state index contributed by atoms with van der Waals surface area (Å²) >= 11 is 0. The first-order chi connectivity index (χ1) is 12.2. The number of aliphatic hydroxyl groups is 1. The molecule has 0 aromatic heterocycles. The summed E-state index contributed by atoms with van der Waals surface area (Å²) in [6.45, 7) is 15.7. The van der Waals surface area contributed by atoms with Crippen LogP contribution in [-0.4, -0.2) is 70.3 Å². The van der Waals surface area contributed by atoms with E-state index in [4.69, 9.17) is 18.3 Å². The smallest absolute Gasteiger partial charge is 0.330 e. The zero-order valence-electron chi connectivity index (χ0n) is 18.7. The summed E-state index contributed by atoms with van der Waals surface area (Å²) in [7, 11) is 1.29. The SMILES string of the molecule is C=CC(=O)OC(C)(CCC(O[SiH3])O[SiH3])C(C)(OC)C(C)(O)CC[Si](C)(C)C. The van der Waals surface area contributed by atoms with Gasteiger partial charge in [0.05, 0.1) is 5.60 Å². The number of methoxy groups -OCH3 is 1. The average molecular weight is 437 g/mol. The fourth-order valence-corrected chi connectivity index (χ4v) is 5.72. The van der Waals surface area contributed by atoms with Crippen molar-refractivity contribution in [3.8, 4) is 0 Å². The highest BCUT2D eigenvalue weighted by Gasteiger charge is 2.58. The molecule has 3 atom stereocenters. The molecule has 0 fully saturated rings. The molecule has 0 aliphatic rings. The molecule has 0 aliphatic carbocycles. The molecule has 0 radical (unpaired) electrons. The summed E-state index contributed by atoms with van der Waals surface area (Å²) < 4.78 is 22.5. The second-order valence-electron chi connectivity index (χ2n) is 8.87. The van der Waals surface area contributed by atoms with E-state index >= 15 is 0 Å². The van der Waals surface area contributed by atoms with E-state index in [0.29, 0.717) is 40.2 Å². The number of esters is 1. The van der Waals surface area contributed by atoms with Crippen LogP contribution in [0.1, 0.15) is 40.0 Å². The summed E-state index contributed by atoms with van der Waals surface area (Å²) in [6, 6.07) is 0.931. The van der Waals surface area contributed by atoms with Crippen LogP contribution < -0.4 is 0 Å². The van der Waals surface area contributed by atoms with Crippen LogP contribution in [0.5, 0.6) is 0 Å². The molecule has 0 aliphatic heterocycles. The van der Waals surface area contributed by atoms with E-state index in [1.54, 1.807) is 21.0 Å². The zero-order valence-corrected chi connectivity index (χ0v) is 23.7. The maximum atomic E-state index is 12.1. The van der Waals surface area contributed by atoms with Gasteiger partial charge >= 0.3 is 5.97 Å². The molecule has 0 heterocycles. The van der Waals surface area contributed by atoms with Crippen LogP contribution >= 0.6 is 0 Å². The highest BCUT2D eigenvalue weighted by molar-refractivity contribution is 6.76. The van der Waals surface area contributed by atoms with Crippen molar-refractivity contribution in [1.82, 2.24) is 0 Å². The largest absolute Gasteiger partial charge is 0.453 e. The van der Waals surface area contributed by atoms with E-state index in [-0.39, 0.29) is 6.29 Å². The van der Waals surface area contributed by atoms with Gasteiger partial charge in [0.2, 0.25) is 0 Å². The van der Waals surface area contributed by atoms with Gasteiger partial charge in [0.15, 0.2) is 0 Å². The van der Waals surface area contributed by atoms with Crippen LogP contribution in [0.2, 0.25) is 25.7 Å². The maximum absolute atomic E-state index is 12.1. The summed E-state index contributed by atoms with van der Waals surface area (Å²) in [6.07, 6.45) is 2.34. The second kappa shape index (κ2) is 10.5. The Bertz CT molecular complexity index is 490. The van der Waals surface area contributed by atoms with E-state index in [1.807, 2.05) is 6.92 Å². The lowest BCUT2D eigenvalue weighted by Crippen LogP contribution is -2.66. The standard InChI is InChI=1S/C18H40O6Si3/c1-9-14(19)22-17(3,11-10-15(23-25)24-26)18(4,21-5)16(2,20)12-13-27(6,7)8/h9,15,20H,1,10-13H2,2-8,25-26H3. The molecule has 0 aromatic rings. The Balaban J connectivity index is 5.88. The molecule has 0 spiro atoms. The van der Waals surface area contributed by atoms with E-state index in [2.05, 4.69) is 26.2 Å². The number of ether oxygens (including phenoxy) is 2. The molecular weight excluding hydrogens is 396 g/mol. The minimum Gasteiger partial charge on any atom is -0.453 e. The van der Waals surface area contributed by atoms with Crippen molar-refractivity contribution in [3.63, 3.8) is 0 Å². The molecule has 0 aromatic carbocycles. The van der Waals surface area contributed by atoms with Crippen LogP contribution in [-0.2, 0) is 23.1 Å². The molecule has 1 N–H and O–H groups in total. The van der Waals surface area contributed by atoms with E-state index < -0.39 is 30.8 Å². The van der Waals surface area contributed by atoms with Crippen molar-refractivity contribution in [2.45, 2.75) is 88.8 Å². The molecule has 0 amide bonds. The van der Waals surface area contributed by atoms with Crippen LogP contribution in [0.4, 0.5) is 0 Å². The lowest BCUT2D eigenvalue weighted by atomic mass is 9.70. The first kappa shape index (κ1) is 26.7. The number of carbonyl (C=O) groups is 1. The Labute approximate surface area is 172 Å². The molecule has 0 saturated carbocycles. The van der Waals surface area contributed by atoms with E-state index in [1.165, 1.54) is 0 Å². The molecule has 27 heavy (non-hydrogen) atoms. The summed E-state index contributed by atoms with van der Waals surface area (Å²) in [5, 5.41) is 11.4. The summed E-state index contributed by atoms with van der Waals surface area (Å²) in [5.41, 5.74) is -3.41. The number of carbonyl (C=O) groups excluding carboxylic acids is 1. The van der Waals surface area contributed by atoms with Crippen molar-refractivity contribution < 1.29 is 28.2 Å². The van der Waals surface area contributed by atoms with Gasteiger partial charge in [-0.1, -0.05) is 32.3 Å².